The smallest absolute Gasteiger partial charge is 0.0211 e. The van der Waals surface area contributed by atoms with Gasteiger partial charge in [0.1, 0.15) is 0 Å². The Hall–Kier alpha value is -0.0800. The van der Waals surface area contributed by atoms with Crippen LogP contribution in [0.15, 0.2) is 0 Å². The minimum atomic E-state index is -0.0157. The Morgan fingerprint density at radius 1 is 0.500 bits per heavy atom. The molecule has 2 nitrogen and oxygen atoms in total. The Balaban J connectivity index is 5.48. The Morgan fingerprint density at radius 2 is 0.846 bits per heavy atom. The summed E-state index contributed by atoms with van der Waals surface area (Å²) in [7, 11) is 0. The van der Waals surface area contributed by atoms with E-state index in [4.69, 9.17) is 11.5 Å². The highest BCUT2D eigenvalue weighted by Gasteiger charge is 2.45. The fourth-order valence-electron chi connectivity index (χ4n) is 4.86. The Morgan fingerprint density at radius 3 is 1.15 bits per heavy atom. The van der Waals surface area contributed by atoms with E-state index in [1.165, 1.54) is 103 Å². The first kappa shape index (κ1) is 25.9. The van der Waals surface area contributed by atoms with Gasteiger partial charge in [0.2, 0.25) is 0 Å². The minimum absolute atomic E-state index is 0.0157. The van der Waals surface area contributed by atoms with E-state index in [0.717, 1.165) is 13.0 Å². The maximum atomic E-state index is 7.35. The number of hydrogen-bond acceptors (Lipinski definition) is 2. The van der Waals surface area contributed by atoms with Gasteiger partial charge in [-0.1, -0.05) is 105 Å². The molecule has 0 spiro atoms. The average Bonchev–Trinajstić information content (AvgIpc) is 2.62. The van der Waals surface area contributed by atoms with Gasteiger partial charge in [0.05, 0.1) is 0 Å². The molecule has 0 atom stereocenters. The standard InChI is InChI=1S/C24H52N2/c1-5-9-13-17-23(21-22-25,18-14-10-6-2)24(26,19-15-11-7-3)20-16-12-8-4/h5-22,25-26H2,1-4H3. The summed E-state index contributed by atoms with van der Waals surface area (Å²) in [5.74, 6) is 0. The summed E-state index contributed by atoms with van der Waals surface area (Å²) >= 11 is 0. The normalized spacial score (nSPS) is 12.7. The van der Waals surface area contributed by atoms with E-state index in [-0.39, 0.29) is 11.0 Å². The van der Waals surface area contributed by atoms with Crippen molar-refractivity contribution in [2.24, 2.45) is 16.9 Å². The second kappa shape index (κ2) is 15.9. The molecule has 0 amide bonds. The highest BCUT2D eigenvalue weighted by molar-refractivity contribution is 5.02. The van der Waals surface area contributed by atoms with Crippen molar-refractivity contribution in [2.75, 3.05) is 6.54 Å². The van der Waals surface area contributed by atoms with Crippen molar-refractivity contribution in [3.05, 3.63) is 0 Å². The summed E-state index contributed by atoms with van der Waals surface area (Å²) in [5.41, 5.74) is 13.8. The Bertz CT molecular complexity index is 281. The Kier molecular flexibility index (Phi) is 15.9. The summed E-state index contributed by atoms with van der Waals surface area (Å²) < 4.78 is 0. The molecule has 0 saturated heterocycles. The van der Waals surface area contributed by atoms with Gasteiger partial charge in [0.15, 0.2) is 0 Å². The lowest BCUT2D eigenvalue weighted by molar-refractivity contribution is 0.0568. The fourth-order valence-corrected chi connectivity index (χ4v) is 4.86. The molecule has 0 aromatic heterocycles. The molecule has 158 valence electrons. The highest BCUT2D eigenvalue weighted by Crippen LogP contribution is 2.48. The molecule has 26 heavy (non-hydrogen) atoms. The van der Waals surface area contributed by atoms with Crippen LogP contribution in [0.4, 0.5) is 0 Å². The van der Waals surface area contributed by atoms with Gasteiger partial charge < -0.3 is 11.5 Å². The topological polar surface area (TPSA) is 52.0 Å². The molecular formula is C24H52N2. The maximum absolute atomic E-state index is 7.35. The van der Waals surface area contributed by atoms with Crippen LogP contribution in [-0.4, -0.2) is 12.1 Å². The number of unbranched alkanes of at least 4 members (excludes halogenated alkanes) is 8. The summed E-state index contributed by atoms with van der Waals surface area (Å²) in [6.45, 7) is 9.99. The van der Waals surface area contributed by atoms with E-state index >= 15 is 0 Å². The van der Waals surface area contributed by atoms with E-state index in [1.54, 1.807) is 0 Å². The van der Waals surface area contributed by atoms with Crippen molar-refractivity contribution < 1.29 is 0 Å². The quantitative estimate of drug-likeness (QED) is 0.234. The van der Waals surface area contributed by atoms with Gasteiger partial charge in [-0.25, -0.2) is 0 Å². The molecule has 0 rings (SSSR count). The predicted octanol–water partition coefficient (Wildman–Crippen LogP) is 7.34. The molecule has 2 heteroatoms. The first-order valence-electron chi connectivity index (χ1n) is 12.0. The number of hydrogen-bond donors (Lipinski definition) is 2. The highest BCUT2D eigenvalue weighted by atomic mass is 14.8. The third-order valence-electron chi connectivity index (χ3n) is 6.65. The molecule has 0 unspecified atom stereocenters. The van der Waals surface area contributed by atoms with Crippen LogP contribution in [-0.2, 0) is 0 Å². The van der Waals surface area contributed by atoms with Crippen molar-refractivity contribution >= 4 is 0 Å². The minimum Gasteiger partial charge on any atom is -0.330 e. The van der Waals surface area contributed by atoms with Crippen LogP contribution in [0.25, 0.3) is 0 Å². The van der Waals surface area contributed by atoms with E-state index < -0.39 is 0 Å². The third-order valence-corrected chi connectivity index (χ3v) is 6.65. The lowest BCUT2D eigenvalue weighted by Gasteiger charge is -2.50. The van der Waals surface area contributed by atoms with Crippen LogP contribution in [0.5, 0.6) is 0 Å². The molecule has 0 aromatic carbocycles. The molecule has 0 aliphatic carbocycles. The van der Waals surface area contributed by atoms with Crippen molar-refractivity contribution in [3.8, 4) is 0 Å². The zero-order valence-electron chi connectivity index (χ0n) is 18.9. The molecule has 0 aliphatic rings. The lowest BCUT2D eigenvalue weighted by Crippen LogP contribution is -2.56. The molecule has 0 aliphatic heterocycles. The first-order chi connectivity index (χ1) is 12.6. The summed E-state index contributed by atoms with van der Waals surface area (Å²) in [5, 5.41) is 0. The monoisotopic (exact) mass is 368 g/mol. The van der Waals surface area contributed by atoms with Crippen molar-refractivity contribution in [2.45, 2.75) is 142 Å². The van der Waals surface area contributed by atoms with Crippen LogP contribution >= 0.6 is 0 Å². The number of rotatable bonds is 19. The van der Waals surface area contributed by atoms with Gasteiger partial charge in [-0.05, 0) is 44.1 Å². The molecule has 0 bridgehead atoms. The zero-order valence-corrected chi connectivity index (χ0v) is 18.9. The van der Waals surface area contributed by atoms with Crippen LogP contribution in [0, 0.1) is 5.41 Å². The molecule has 0 radical (unpaired) electrons. The van der Waals surface area contributed by atoms with Crippen LogP contribution in [0.2, 0.25) is 0 Å². The van der Waals surface area contributed by atoms with Crippen molar-refractivity contribution in [1.29, 1.82) is 0 Å². The molecule has 0 aromatic rings. The van der Waals surface area contributed by atoms with E-state index in [1.807, 2.05) is 0 Å². The fraction of sp³-hybridized carbons (Fsp3) is 1.00. The van der Waals surface area contributed by atoms with E-state index in [9.17, 15) is 0 Å². The zero-order chi connectivity index (χ0) is 19.7. The lowest BCUT2D eigenvalue weighted by atomic mass is 9.59. The van der Waals surface area contributed by atoms with Gasteiger partial charge in [-0.15, -0.1) is 0 Å². The first-order valence-corrected chi connectivity index (χ1v) is 12.0. The van der Waals surface area contributed by atoms with Gasteiger partial charge in [-0.2, -0.15) is 0 Å². The van der Waals surface area contributed by atoms with Gasteiger partial charge >= 0.3 is 0 Å². The predicted molar refractivity (Wildman–Crippen MR) is 120 cm³/mol. The second-order valence-electron chi connectivity index (χ2n) is 8.80. The second-order valence-corrected chi connectivity index (χ2v) is 8.80. The van der Waals surface area contributed by atoms with E-state index in [0.29, 0.717) is 0 Å². The largest absolute Gasteiger partial charge is 0.330 e. The number of nitrogens with two attached hydrogens (primary N) is 2. The SMILES string of the molecule is CCCCCC(N)(CCCCC)C(CCN)(CCCCC)CCCCC. The maximum Gasteiger partial charge on any atom is 0.0211 e. The Labute approximate surface area is 166 Å². The van der Waals surface area contributed by atoms with Crippen LogP contribution in [0.3, 0.4) is 0 Å². The van der Waals surface area contributed by atoms with Crippen LogP contribution < -0.4 is 11.5 Å². The molecule has 0 heterocycles. The third kappa shape index (κ3) is 9.22. The molecule has 4 N–H and O–H groups in total. The van der Waals surface area contributed by atoms with Gasteiger partial charge in [0, 0.05) is 5.54 Å². The summed E-state index contributed by atoms with van der Waals surface area (Å²) in [4.78, 5) is 0. The summed E-state index contributed by atoms with van der Waals surface area (Å²) in [6.07, 6.45) is 21.7. The van der Waals surface area contributed by atoms with Crippen molar-refractivity contribution in [3.63, 3.8) is 0 Å². The molecular weight excluding hydrogens is 316 g/mol. The molecule has 0 saturated carbocycles. The van der Waals surface area contributed by atoms with E-state index in [2.05, 4.69) is 27.7 Å². The average molecular weight is 369 g/mol. The molecule has 0 fully saturated rings. The van der Waals surface area contributed by atoms with Crippen molar-refractivity contribution in [1.82, 2.24) is 0 Å². The summed E-state index contributed by atoms with van der Waals surface area (Å²) in [6, 6.07) is 0. The van der Waals surface area contributed by atoms with Gasteiger partial charge in [0.25, 0.3) is 0 Å². The van der Waals surface area contributed by atoms with Crippen LogP contribution in [0.1, 0.15) is 137 Å². The van der Waals surface area contributed by atoms with Gasteiger partial charge in [-0.3, -0.25) is 0 Å².